The lowest BCUT2D eigenvalue weighted by Crippen LogP contribution is -2.34. The fourth-order valence-corrected chi connectivity index (χ4v) is 6.43. The van der Waals surface area contributed by atoms with Gasteiger partial charge in [-0.25, -0.2) is 8.42 Å². The number of sulfonamides is 1. The molecule has 0 unspecified atom stereocenters. The van der Waals surface area contributed by atoms with Gasteiger partial charge in [-0.15, -0.1) is 0 Å². The van der Waals surface area contributed by atoms with Crippen molar-refractivity contribution in [2.24, 2.45) is 0 Å². The van der Waals surface area contributed by atoms with E-state index in [0.717, 1.165) is 5.56 Å². The molecule has 176 valence electrons. The largest absolute Gasteiger partial charge is 0.297 e. The van der Waals surface area contributed by atoms with Gasteiger partial charge in [0.2, 0.25) is 10.0 Å². The molecule has 3 aromatic carbocycles. The molecule has 4 rings (SSSR count). The summed E-state index contributed by atoms with van der Waals surface area (Å²) in [6.45, 7) is 1.27. The van der Waals surface area contributed by atoms with E-state index in [1.807, 2.05) is 30.3 Å². The molecule has 0 aliphatic heterocycles. The number of rotatable bonds is 9. The van der Waals surface area contributed by atoms with Crippen LogP contribution in [-0.4, -0.2) is 39.3 Å². The monoisotopic (exact) mass is 496 g/mol. The predicted molar refractivity (Wildman–Crippen MR) is 130 cm³/mol. The minimum Gasteiger partial charge on any atom is -0.265 e. The molecule has 4 aromatic rings. The lowest BCUT2D eigenvalue weighted by atomic mass is 10.2. The van der Waals surface area contributed by atoms with Crippen molar-refractivity contribution >= 4 is 30.9 Å². The Kier molecular flexibility index (Phi) is 7.08. The van der Waals surface area contributed by atoms with Gasteiger partial charge in [0.05, 0.1) is 16.4 Å². The van der Waals surface area contributed by atoms with Gasteiger partial charge in [-0.1, -0.05) is 60.7 Å². The Bertz CT molecular complexity index is 1500. The highest BCUT2D eigenvalue weighted by Gasteiger charge is 2.27. The van der Waals surface area contributed by atoms with Gasteiger partial charge in [0.25, 0.3) is 10.1 Å². The van der Waals surface area contributed by atoms with Crippen LogP contribution in [0.3, 0.4) is 0 Å². The SMILES string of the molecule is Cc1ccccc1S(=O)(=O)OCCN(Cc1ccccc1)S(=O)(=O)c1cccc2cnccc12. The second kappa shape index (κ2) is 10.0. The summed E-state index contributed by atoms with van der Waals surface area (Å²) in [5.74, 6) is 0. The molecule has 0 aliphatic rings. The summed E-state index contributed by atoms with van der Waals surface area (Å²) in [4.78, 5) is 4.26. The Hall–Kier alpha value is -3.11. The number of fused-ring (bicyclic) bond motifs is 1. The van der Waals surface area contributed by atoms with Crippen molar-refractivity contribution in [1.82, 2.24) is 9.29 Å². The van der Waals surface area contributed by atoms with E-state index in [2.05, 4.69) is 4.98 Å². The third-order valence-electron chi connectivity index (χ3n) is 5.40. The molecule has 0 saturated heterocycles. The molecule has 1 aromatic heterocycles. The molecule has 0 radical (unpaired) electrons. The summed E-state index contributed by atoms with van der Waals surface area (Å²) in [6.07, 6.45) is 3.15. The van der Waals surface area contributed by atoms with Crippen molar-refractivity contribution in [3.05, 3.63) is 102 Å². The zero-order valence-electron chi connectivity index (χ0n) is 18.5. The zero-order valence-corrected chi connectivity index (χ0v) is 20.2. The van der Waals surface area contributed by atoms with Crippen LogP contribution in [0.5, 0.6) is 0 Å². The van der Waals surface area contributed by atoms with E-state index >= 15 is 0 Å². The first-order chi connectivity index (χ1) is 16.3. The van der Waals surface area contributed by atoms with Crippen LogP contribution in [-0.2, 0) is 30.9 Å². The highest BCUT2D eigenvalue weighted by Crippen LogP contribution is 2.26. The Balaban J connectivity index is 1.64. The van der Waals surface area contributed by atoms with Crippen molar-refractivity contribution in [3.63, 3.8) is 0 Å². The molecule has 1 heterocycles. The Morgan fingerprint density at radius 3 is 2.29 bits per heavy atom. The van der Waals surface area contributed by atoms with Crippen LogP contribution in [0.4, 0.5) is 0 Å². The molecule has 0 atom stereocenters. The lowest BCUT2D eigenvalue weighted by Gasteiger charge is -2.23. The fraction of sp³-hybridized carbons (Fsp3) is 0.160. The summed E-state index contributed by atoms with van der Waals surface area (Å²) < 4.78 is 59.3. The van der Waals surface area contributed by atoms with E-state index < -0.39 is 20.1 Å². The summed E-state index contributed by atoms with van der Waals surface area (Å²) in [5, 5.41) is 1.24. The Morgan fingerprint density at radius 2 is 1.53 bits per heavy atom. The molecule has 0 aliphatic carbocycles. The second-order valence-corrected chi connectivity index (χ2v) is 11.2. The first-order valence-electron chi connectivity index (χ1n) is 10.6. The molecule has 0 spiro atoms. The lowest BCUT2D eigenvalue weighted by molar-refractivity contribution is 0.273. The van der Waals surface area contributed by atoms with Crippen LogP contribution in [0.25, 0.3) is 10.8 Å². The number of aryl methyl sites for hydroxylation is 1. The predicted octanol–water partition coefficient (Wildman–Crippen LogP) is 4.14. The third kappa shape index (κ3) is 5.18. The van der Waals surface area contributed by atoms with Crippen molar-refractivity contribution < 1.29 is 21.0 Å². The summed E-state index contributed by atoms with van der Waals surface area (Å²) >= 11 is 0. The molecule has 0 bridgehead atoms. The molecule has 0 saturated carbocycles. The molecular weight excluding hydrogens is 472 g/mol. The van der Waals surface area contributed by atoms with Gasteiger partial charge in [-0.2, -0.15) is 12.7 Å². The Labute approximate surface area is 199 Å². The van der Waals surface area contributed by atoms with E-state index in [1.54, 1.807) is 61.8 Å². The molecular formula is C25H24N2O5S2. The second-order valence-electron chi connectivity index (χ2n) is 7.72. The van der Waals surface area contributed by atoms with Gasteiger partial charge >= 0.3 is 0 Å². The van der Waals surface area contributed by atoms with Crippen molar-refractivity contribution in [2.75, 3.05) is 13.2 Å². The van der Waals surface area contributed by atoms with Crippen LogP contribution >= 0.6 is 0 Å². The average molecular weight is 497 g/mol. The number of aromatic nitrogens is 1. The number of hydrogen-bond acceptors (Lipinski definition) is 6. The summed E-state index contributed by atoms with van der Waals surface area (Å²) in [5.41, 5.74) is 1.33. The summed E-state index contributed by atoms with van der Waals surface area (Å²) in [7, 11) is -8.02. The molecule has 7 nitrogen and oxygen atoms in total. The maximum atomic E-state index is 13.7. The van der Waals surface area contributed by atoms with Crippen molar-refractivity contribution in [2.45, 2.75) is 23.3 Å². The first kappa shape index (κ1) is 24.0. The molecule has 34 heavy (non-hydrogen) atoms. The minimum absolute atomic E-state index is 0.0639. The van der Waals surface area contributed by atoms with Gasteiger partial charge in [-0.05, 0) is 36.2 Å². The number of benzene rings is 3. The van der Waals surface area contributed by atoms with Crippen LogP contribution in [0, 0.1) is 6.92 Å². The van der Waals surface area contributed by atoms with Crippen LogP contribution in [0.15, 0.2) is 101 Å². The average Bonchev–Trinajstić information content (AvgIpc) is 2.83. The quantitative estimate of drug-likeness (QED) is 0.323. The Morgan fingerprint density at radius 1 is 0.824 bits per heavy atom. The van der Waals surface area contributed by atoms with E-state index in [9.17, 15) is 16.8 Å². The molecule has 9 heteroatoms. The number of hydrogen-bond donors (Lipinski definition) is 0. The zero-order chi connectivity index (χ0) is 24.2. The first-order valence-corrected chi connectivity index (χ1v) is 13.5. The van der Waals surface area contributed by atoms with E-state index in [1.165, 1.54) is 10.4 Å². The third-order valence-corrected chi connectivity index (χ3v) is 8.78. The normalized spacial score (nSPS) is 12.3. The highest BCUT2D eigenvalue weighted by molar-refractivity contribution is 7.89. The van der Waals surface area contributed by atoms with Gasteiger partial charge in [0.15, 0.2) is 0 Å². The van der Waals surface area contributed by atoms with Gasteiger partial charge in [0.1, 0.15) is 0 Å². The maximum absolute atomic E-state index is 13.7. The maximum Gasteiger partial charge on any atom is 0.297 e. The highest BCUT2D eigenvalue weighted by atomic mass is 32.2. The standard InChI is InChI=1S/C25H24N2O5S2/c1-20-8-5-6-12-24(20)34(30,31)32-17-16-27(19-21-9-3-2-4-10-21)33(28,29)25-13-7-11-22-18-26-15-14-23(22)25/h2-15,18H,16-17,19H2,1H3. The van der Waals surface area contributed by atoms with Crippen molar-refractivity contribution in [3.8, 4) is 0 Å². The summed E-state index contributed by atoms with van der Waals surface area (Å²) in [6, 6.07) is 22.3. The van der Waals surface area contributed by atoms with Gasteiger partial charge in [0, 0.05) is 36.3 Å². The minimum atomic E-state index is -4.03. The van der Waals surface area contributed by atoms with Crippen LogP contribution in [0.2, 0.25) is 0 Å². The fourth-order valence-electron chi connectivity index (χ4n) is 3.68. The van der Waals surface area contributed by atoms with Crippen LogP contribution < -0.4 is 0 Å². The van der Waals surface area contributed by atoms with Gasteiger partial charge in [-0.3, -0.25) is 9.17 Å². The number of pyridine rings is 1. The molecule has 0 N–H and O–H groups in total. The molecule has 0 amide bonds. The van der Waals surface area contributed by atoms with Gasteiger partial charge < -0.3 is 0 Å². The smallest absolute Gasteiger partial charge is 0.265 e. The van der Waals surface area contributed by atoms with E-state index in [-0.39, 0.29) is 29.5 Å². The topological polar surface area (TPSA) is 93.6 Å². The van der Waals surface area contributed by atoms with E-state index in [0.29, 0.717) is 16.3 Å². The number of nitrogens with zero attached hydrogens (tertiary/aromatic N) is 2. The van der Waals surface area contributed by atoms with Crippen molar-refractivity contribution in [1.29, 1.82) is 0 Å². The van der Waals surface area contributed by atoms with Crippen LogP contribution in [0.1, 0.15) is 11.1 Å². The molecule has 0 fully saturated rings. The van der Waals surface area contributed by atoms with E-state index in [4.69, 9.17) is 4.18 Å².